The molecule has 0 aliphatic rings. The molecule has 0 atom stereocenters. The Kier molecular flexibility index (Phi) is 2.06. The number of rotatable bonds is 1. The zero-order valence-electron chi connectivity index (χ0n) is 6.36. The standard InChI is InChI=1S/C7H6BrN3S/c1-12-7-9-6-3-2-5(8)4-11(6)10-7/h2-4H,1H3. The van der Waals surface area contributed by atoms with E-state index in [2.05, 4.69) is 26.0 Å². The van der Waals surface area contributed by atoms with Gasteiger partial charge in [-0.2, -0.15) is 0 Å². The van der Waals surface area contributed by atoms with E-state index < -0.39 is 0 Å². The van der Waals surface area contributed by atoms with Gasteiger partial charge in [-0.05, 0) is 34.3 Å². The lowest BCUT2D eigenvalue weighted by atomic mass is 10.5. The van der Waals surface area contributed by atoms with Crippen LogP contribution in [0.2, 0.25) is 0 Å². The van der Waals surface area contributed by atoms with Gasteiger partial charge in [0.05, 0.1) is 0 Å². The van der Waals surface area contributed by atoms with Crippen molar-refractivity contribution in [2.75, 3.05) is 6.26 Å². The smallest absolute Gasteiger partial charge is 0.209 e. The molecular weight excluding hydrogens is 238 g/mol. The summed E-state index contributed by atoms with van der Waals surface area (Å²) in [7, 11) is 0. The minimum Gasteiger partial charge on any atom is -0.219 e. The highest BCUT2D eigenvalue weighted by molar-refractivity contribution is 9.10. The molecule has 62 valence electrons. The number of halogens is 1. The van der Waals surface area contributed by atoms with Crippen LogP contribution in [0.15, 0.2) is 28.0 Å². The third-order valence-corrected chi connectivity index (χ3v) is 2.47. The molecule has 0 fully saturated rings. The lowest BCUT2D eigenvalue weighted by Gasteiger charge is -1.89. The Hall–Kier alpha value is -0.550. The van der Waals surface area contributed by atoms with E-state index in [0.717, 1.165) is 15.3 Å². The lowest BCUT2D eigenvalue weighted by Crippen LogP contribution is -1.85. The van der Waals surface area contributed by atoms with E-state index in [4.69, 9.17) is 0 Å². The van der Waals surface area contributed by atoms with Gasteiger partial charge < -0.3 is 0 Å². The van der Waals surface area contributed by atoms with Crippen LogP contribution in [-0.4, -0.2) is 20.9 Å². The minimum absolute atomic E-state index is 0.799. The van der Waals surface area contributed by atoms with Crippen LogP contribution in [0.4, 0.5) is 0 Å². The Morgan fingerprint density at radius 2 is 2.33 bits per heavy atom. The fraction of sp³-hybridized carbons (Fsp3) is 0.143. The summed E-state index contributed by atoms with van der Waals surface area (Å²) in [6, 6.07) is 3.88. The number of nitrogens with zero attached hydrogens (tertiary/aromatic N) is 3. The van der Waals surface area contributed by atoms with Crippen LogP contribution in [0.5, 0.6) is 0 Å². The molecule has 0 spiro atoms. The molecule has 3 nitrogen and oxygen atoms in total. The second-order valence-electron chi connectivity index (χ2n) is 2.25. The number of aromatic nitrogens is 3. The summed E-state index contributed by atoms with van der Waals surface area (Å²) in [4.78, 5) is 4.27. The quantitative estimate of drug-likeness (QED) is 0.720. The zero-order chi connectivity index (χ0) is 8.55. The summed E-state index contributed by atoms with van der Waals surface area (Å²) >= 11 is 4.91. The normalized spacial score (nSPS) is 10.8. The molecular formula is C7H6BrN3S. The Morgan fingerprint density at radius 3 is 3.08 bits per heavy atom. The van der Waals surface area contributed by atoms with E-state index in [-0.39, 0.29) is 0 Å². The van der Waals surface area contributed by atoms with E-state index in [0.29, 0.717) is 0 Å². The molecule has 0 bridgehead atoms. The average Bonchev–Trinajstić information content (AvgIpc) is 2.46. The molecule has 2 rings (SSSR count). The van der Waals surface area contributed by atoms with Gasteiger partial charge in [0.2, 0.25) is 5.16 Å². The molecule has 2 heterocycles. The Morgan fingerprint density at radius 1 is 1.50 bits per heavy atom. The topological polar surface area (TPSA) is 30.2 Å². The second-order valence-corrected chi connectivity index (χ2v) is 3.94. The van der Waals surface area contributed by atoms with Crippen molar-refractivity contribution in [3.05, 3.63) is 22.8 Å². The van der Waals surface area contributed by atoms with Gasteiger partial charge in [-0.15, -0.1) is 5.10 Å². The summed E-state index contributed by atoms with van der Waals surface area (Å²) in [5.41, 5.74) is 0.877. The lowest BCUT2D eigenvalue weighted by molar-refractivity contribution is 0.886. The maximum absolute atomic E-state index is 4.27. The van der Waals surface area contributed by atoms with Crippen molar-refractivity contribution in [2.45, 2.75) is 5.16 Å². The van der Waals surface area contributed by atoms with Gasteiger partial charge in [0.15, 0.2) is 5.65 Å². The highest BCUT2D eigenvalue weighted by Crippen LogP contribution is 2.14. The van der Waals surface area contributed by atoms with E-state index in [1.165, 1.54) is 0 Å². The molecule has 0 amide bonds. The van der Waals surface area contributed by atoms with Crippen LogP contribution < -0.4 is 0 Å². The first-order valence-corrected chi connectivity index (χ1v) is 5.37. The summed E-state index contributed by atoms with van der Waals surface area (Å²) in [5, 5.41) is 5.03. The largest absolute Gasteiger partial charge is 0.219 e. The predicted molar refractivity (Wildman–Crippen MR) is 52.5 cm³/mol. The maximum Gasteiger partial charge on any atom is 0.209 e. The first-order chi connectivity index (χ1) is 5.79. The van der Waals surface area contributed by atoms with Crippen LogP contribution in [0.1, 0.15) is 0 Å². The van der Waals surface area contributed by atoms with Gasteiger partial charge in [0.25, 0.3) is 0 Å². The van der Waals surface area contributed by atoms with Crippen molar-refractivity contribution in [1.82, 2.24) is 14.6 Å². The molecule has 0 aliphatic carbocycles. The Bertz CT molecular complexity index is 412. The third kappa shape index (κ3) is 1.34. The SMILES string of the molecule is CSc1nc2ccc(Br)cn2n1. The molecule has 0 aliphatic heterocycles. The van der Waals surface area contributed by atoms with Crippen molar-refractivity contribution in [3.8, 4) is 0 Å². The summed E-state index contributed by atoms with van der Waals surface area (Å²) in [6.07, 6.45) is 3.85. The molecule has 12 heavy (non-hydrogen) atoms. The molecule has 0 N–H and O–H groups in total. The predicted octanol–water partition coefficient (Wildman–Crippen LogP) is 2.21. The molecule has 0 saturated heterocycles. The summed E-state index contributed by atoms with van der Waals surface area (Å²) in [6.45, 7) is 0. The number of thioether (sulfide) groups is 1. The molecule has 0 saturated carbocycles. The van der Waals surface area contributed by atoms with Crippen LogP contribution in [0.3, 0.4) is 0 Å². The van der Waals surface area contributed by atoms with E-state index in [1.807, 2.05) is 24.6 Å². The highest BCUT2D eigenvalue weighted by atomic mass is 79.9. The van der Waals surface area contributed by atoms with Crippen molar-refractivity contribution < 1.29 is 0 Å². The van der Waals surface area contributed by atoms with Crippen LogP contribution in [0, 0.1) is 0 Å². The fourth-order valence-corrected chi connectivity index (χ4v) is 1.60. The summed E-state index contributed by atoms with van der Waals surface area (Å²) < 4.78 is 2.77. The van der Waals surface area contributed by atoms with Crippen molar-refractivity contribution >= 4 is 33.3 Å². The van der Waals surface area contributed by atoms with Gasteiger partial charge in [0, 0.05) is 10.7 Å². The number of hydrogen-bond donors (Lipinski definition) is 0. The number of pyridine rings is 1. The highest BCUT2D eigenvalue weighted by Gasteiger charge is 2.00. The zero-order valence-corrected chi connectivity index (χ0v) is 8.76. The average molecular weight is 244 g/mol. The van der Waals surface area contributed by atoms with Gasteiger partial charge in [0.1, 0.15) is 0 Å². The van der Waals surface area contributed by atoms with Crippen LogP contribution in [-0.2, 0) is 0 Å². The summed E-state index contributed by atoms with van der Waals surface area (Å²) in [5.74, 6) is 0. The van der Waals surface area contributed by atoms with Gasteiger partial charge in [-0.1, -0.05) is 11.8 Å². The first kappa shape index (κ1) is 8.07. The van der Waals surface area contributed by atoms with Crippen molar-refractivity contribution in [1.29, 1.82) is 0 Å². The molecule has 0 radical (unpaired) electrons. The first-order valence-electron chi connectivity index (χ1n) is 3.35. The molecule has 2 aromatic rings. The van der Waals surface area contributed by atoms with Crippen LogP contribution >= 0.6 is 27.7 Å². The van der Waals surface area contributed by atoms with Crippen LogP contribution in [0.25, 0.3) is 5.65 Å². The van der Waals surface area contributed by atoms with Crippen molar-refractivity contribution in [2.24, 2.45) is 0 Å². The monoisotopic (exact) mass is 243 g/mol. The molecule has 5 heteroatoms. The maximum atomic E-state index is 4.27. The third-order valence-electron chi connectivity index (χ3n) is 1.46. The van der Waals surface area contributed by atoms with Gasteiger partial charge >= 0.3 is 0 Å². The Labute approximate surface area is 82.3 Å². The number of fused-ring (bicyclic) bond motifs is 1. The molecule has 2 aromatic heterocycles. The molecule has 0 aromatic carbocycles. The minimum atomic E-state index is 0.799. The fourth-order valence-electron chi connectivity index (χ4n) is 0.924. The Balaban J connectivity index is 2.67. The van der Waals surface area contributed by atoms with E-state index >= 15 is 0 Å². The van der Waals surface area contributed by atoms with E-state index in [1.54, 1.807) is 16.3 Å². The number of hydrogen-bond acceptors (Lipinski definition) is 3. The van der Waals surface area contributed by atoms with Gasteiger partial charge in [-0.25, -0.2) is 9.50 Å². The van der Waals surface area contributed by atoms with Gasteiger partial charge in [-0.3, -0.25) is 0 Å². The van der Waals surface area contributed by atoms with Crippen molar-refractivity contribution in [3.63, 3.8) is 0 Å². The second kappa shape index (κ2) is 3.06. The molecule has 0 unspecified atom stereocenters. The van der Waals surface area contributed by atoms with E-state index in [9.17, 15) is 0 Å².